The zero-order valence-electron chi connectivity index (χ0n) is 11.4. The molecule has 1 saturated carbocycles. The van der Waals surface area contributed by atoms with Gasteiger partial charge in [-0.05, 0) is 24.8 Å². The van der Waals surface area contributed by atoms with Gasteiger partial charge in [0, 0.05) is 18.2 Å². The lowest BCUT2D eigenvalue weighted by Gasteiger charge is -2.30. The smallest absolute Gasteiger partial charge is 0.271 e. The van der Waals surface area contributed by atoms with Gasteiger partial charge in [0.2, 0.25) is 0 Å². The first-order valence-electron chi connectivity index (χ1n) is 6.71. The van der Waals surface area contributed by atoms with E-state index in [2.05, 4.69) is 12.2 Å². The summed E-state index contributed by atoms with van der Waals surface area (Å²) in [6.07, 6.45) is 4.78. The van der Waals surface area contributed by atoms with Crippen LogP contribution < -0.4 is 10.1 Å². The SMILES string of the molecule is COc1ccc([N+](=O)[O-])cc1N[C@H]1CCCC[C@@H]1C. The third kappa shape index (κ3) is 3.16. The van der Waals surface area contributed by atoms with Crippen molar-refractivity contribution in [1.82, 2.24) is 0 Å². The minimum Gasteiger partial charge on any atom is -0.495 e. The van der Waals surface area contributed by atoms with Crippen LogP contribution in [-0.2, 0) is 0 Å². The van der Waals surface area contributed by atoms with Crippen LogP contribution in [-0.4, -0.2) is 18.1 Å². The van der Waals surface area contributed by atoms with E-state index in [0.29, 0.717) is 17.7 Å². The summed E-state index contributed by atoms with van der Waals surface area (Å²) in [7, 11) is 1.58. The molecule has 5 nitrogen and oxygen atoms in total. The summed E-state index contributed by atoms with van der Waals surface area (Å²) in [4.78, 5) is 10.5. The molecule has 1 fully saturated rings. The molecule has 1 aromatic carbocycles. The molecule has 0 radical (unpaired) electrons. The number of non-ortho nitro benzene ring substituents is 1. The summed E-state index contributed by atoms with van der Waals surface area (Å²) in [5.74, 6) is 1.24. The monoisotopic (exact) mass is 264 g/mol. The minimum atomic E-state index is -0.380. The van der Waals surface area contributed by atoms with Crippen LogP contribution in [0.5, 0.6) is 5.75 Å². The number of nitrogens with one attached hydrogen (secondary N) is 1. The Bertz CT molecular complexity index is 462. The Kier molecular flexibility index (Phi) is 4.24. The Balaban J connectivity index is 2.21. The number of anilines is 1. The largest absolute Gasteiger partial charge is 0.495 e. The Morgan fingerprint density at radius 3 is 2.74 bits per heavy atom. The molecule has 1 aliphatic rings. The fraction of sp³-hybridized carbons (Fsp3) is 0.571. The van der Waals surface area contributed by atoms with Crippen LogP contribution in [0.1, 0.15) is 32.6 Å². The molecule has 0 amide bonds. The highest BCUT2D eigenvalue weighted by Crippen LogP contribution is 2.33. The highest BCUT2D eigenvalue weighted by Gasteiger charge is 2.22. The number of nitro groups is 1. The molecule has 0 aromatic heterocycles. The van der Waals surface area contributed by atoms with Crippen LogP contribution >= 0.6 is 0 Å². The quantitative estimate of drug-likeness (QED) is 0.666. The molecule has 104 valence electrons. The van der Waals surface area contributed by atoms with E-state index < -0.39 is 0 Å². The van der Waals surface area contributed by atoms with Gasteiger partial charge in [-0.2, -0.15) is 0 Å². The maximum absolute atomic E-state index is 10.8. The fourth-order valence-electron chi connectivity index (χ4n) is 2.65. The minimum absolute atomic E-state index is 0.0896. The van der Waals surface area contributed by atoms with E-state index >= 15 is 0 Å². The molecule has 0 spiro atoms. The Labute approximate surface area is 113 Å². The molecule has 2 atom stereocenters. The van der Waals surface area contributed by atoms with Crippen LogP contribution in [0.15, 0.2) is 18.2 Å². The number of ether oxygens (including phenoxy) is 1. The van der Waals surface area contributed by atoms with Gasteiger partial charge < -0.3 is 10.1 Å². The molecule has 0 heterocycles. The number of benzene rings is 1. The fourth-order valence-corrected chi connectivity index (χ4v) is 2.65. The predicted octanol–water partition coefficient (Wildman–Crippen LogP) is 3.59. The van der Waals surface area contributed by atoms with Crippen LogP contribution in [0.25, 0.3) is 0 Å². The van der Waals surface area contributed by atoms with Crippen molar-refractivity contribution < 1.29 is 9.66 Å². The summed E-state index contributed by atoms with van der Waals surface area (Å²) < 4.78 is 5.27. The molecule has 0 saturated heterocycles. The normalized spacial score (nSPS) is 22.8. The average Bonchev–Trinajstić information content (AvgIpc) is 2.41. The highest BCUT2D eigenvalue weighted by atomic mass is 16.6. The maximum atomic E-state index is 10.8. The predicted molar refractivity (Wildman–Crippen MR) is 74.7 cm³/mol. The van der Waals surface area contributed by atoms with Gasteiger partial charge >= 0.3 is 0 Å². The second-order valence-electron chi connectivity index (χ2n) is 5.15. The first kappa shape index (κ1) is 13.6. The Hall–Kier alpha value is -1.78. The first-order chi connectivity index (χ1) is 9.11. The van der Waals surface area contributed by atoms with E-state index in [-0.39, 0.29) is 10.6 Å². The molecule has 1 N–H and O–H groups in total. The molecule has 0 aliphatic heterocycles. The van der Waals surface area contributed by atoms with Crippen molar-refractivity contribution in [3.8, 4) is 5.75 Å². The lowest BCUT2D eigenvalue weighted by molar-refractivity contribution is -0.384. The van der Waals surface area contributed by atoms with Crippen molar-refractivity contribution in [1.29, 1.82) is 0 Å². The van der Waals surface area contributed by atoms with Crippen LogP contribution in [0.3, 0.4) is 0 Å². The maximum Gasteiger partial charge on any atom is 0.271 e. The van der Waals surface area contributed by atoms with E-state index in [1.807, 2.05) is 0 Å². The lowest BCUT2D eigenvalue weighted by Crippen LogP contribution is -2.30. The average molecular weight is 264 g/mol. The first-order valence-corrected chi connectivity index (χ1v) is 6.71. The standard InChI is InChI=1S/C14H20N2O3/c1-10-5-3-4-6-12(10)15-13-9-11(16(17)18)7-8-14(13)19-2/h7-10,12,15H,3-6H2,1-2H3/t10-,12-/m0/s1. The molecule has 2 rings (SSSR count). The molecule has 5 heteroatoms. The van der Waals surface area contributed by atoms with Crippen LogP contribution in [0.4, 0.5) is 11.4 Å². The molecule has 0 bridgehead atoms. The van der Waals surface area contributed by atoms with Gasteiger partial charge in [0.1, 0.15) is 5.75 Å². The summed E-state index contributed by atoms with van der Waals surface area (Å²) in [6.45, 7) is 2.22. The van der Waals surface area contributed by atoms with Gasteiger partial charge in [-0.25, -0.2) is 0 Å². The summed E-state index contributed by atoms with van der Waals surface area (Å²) >= 11 is 0. The Morgan fingerprint density at radius 1 is 1.37 bits per heavy atom. The summed E-state index contributed by atoms with van der Waals surface area (Å²) in [5, 5.41) is 14.3. The third-order valence-electron chi connectivity index (χ3n) is 3.85. The van der Waals surface area contributed by atoms with E-state index in [1.54, 1.807) is 19.2 Å². The summed E-state index contributed by atoms with van der Waals surface area (Å²) in [5.41, 5.74) is 0.808. The molecule has 1 aromatic rings. The van der Waals surface area contributed by atoms with E-state index in [4.69, 9.17) is 4.74 Å². The highest BCUT2D eigenvalue weighted by molar-refractivity contribution is 5.62. The topological polar surface area (TPSA) is 64.4 Å². The second-order valence-corrected chi connectivity index (χ2v) is 5.15. The number of methoxy groups -OCH3 is 1. The molecule has 19 heavy (non-hydrogen) atoms. The molecule has 0 unspecified atom stereocenters. The molecular formula is C14H20N2O3. The number of rotatable bonds is 4. The van der Waals surface area contributed by atoms with Gasteiger partial charge in [-0.1, -0.05) is 19.8 Å². The van der Waals surface area contributed by atoms with E-state index in [9.17, 15) is 10.1 Å². The van der Waals surface area contributed by atoms with E-state index in [0.717, 1.165) is 12.1 Å². The third-order valence-corrected chi connectivity index (χ3v) is 3.85. The van der Waals surface area contributed by atoms with Gasteiger partial charge in [0.15, 0.2) is 0 Å². The van der Waals surface area contributed by atoms with Crippen molar-refractivity contribution in [3.63, 3.8) is 0 Å². The zero-order valence-corrected chi connectivity index (χ0v) is 11.4. The number of hydrogen-bond acceptors (Lipinski definition) is 4. The van der Waals surface area contributed by atoms with Gasteiger partial charge in [-0.15, -0.1) is 0 Å². The van der Waals surface area contributed by atoms with Crippen molar-refractivity contribution >= 4 is 11.4 Å². The Morgan fingerprint density at radius 2 is 2.11 bits per heavy atom. The van der Waals surface area contributed by atoms with Gasteiger partial charge in [0.05, 0.1) is 17.7 Å². The number of nitro benzene ring substituents is 1. The second kappa shape index (κ2) is 5.91. The lowest BCUT2D eigenvalue weighted by atomic mass is 9.86. The van der Waals surface area contributed by atoms with Crippen molar-refractivity contribution in [2.24, 2.45) is 5.92 Å². The molecule has 1 aliphatic carbocycles. The van der Waals surface area contributed by atoms with Crippen LogP contribution in [0.2, 0.25) is 0 Å². The van der Waals surface area contributed by atoms with E-state index in [1.165, 1.54) is 25.3 Å². The zero-order chi connectivity index (χ0) is 13.8. The number of nitrogens with zero attached hydrogens (tertiary/aromatic N) is 1. The van der Waals surface area contributed by atoms with Gasteiger partial charge in [0.25, 0.3) is 5.69 Å². The number of hydrogen-bond donors (Lipinski definition) is 1. The summed E-state index contributed by atoms with van der Waals surface area (Å²) in [6, 6.07) is 5.03. The van der Waals surface area contributed by atoms with Gasteiger partial charge in [-0.3, -0.25) is 10.1 Å². The van der Waals surface area contributed by atoms with Crippen LogP contribution in [0, 0.1) is 16.0 Å². The van der Waals surface area contributed by atoms with Crippen molar-refractivity contribution in [3.05, 3.63) is 28.3 Å². The van der Waals surface area contributed by atoms with Crippen molar-refractivity contribution in [2.75, 3.05) is 12.4 Å². The van der Waals surface area contributed by atoms with Crippen molar-refractivity contribution in [2.45, 2.75) is 38.6 Å². The molecular weight excluding hydrogens is 244 g/mol.